The number of para-hydroxylation sites is 1. The van der Waals surface area contributed by atoms with Crippen LogP contribution in [0.15, 0.2) is 24.4 Å². The number of benzene rings is 1. The maximum atomic E-state index is 13.2. The van der Waals surface area contributed by atoms with E-state index in [0.717, 1.165) is 6.07 Å². The van der Waals surface area contributed by atoms with Gasteiger partial charge >= 0.3 is 6.18 Å². The number of hydrogen-bond donors (Lipinski definition) is 0. The second kappa shape index (κ2) is 7.21. The van der Waals surface area contributed by atoms with Gasteiger partial charge in [0, 0.05) is 39.4 Å². The van der Waals surface area contributed by atoms with E-state index >= 15 is 0 Å². The minimum absolute atomic E-state index is 0.0291. The molecule has 1 saturated heterocycles. The Hall–Kier alpha value is -2.82. The summed E-state index contributed by atoms with van der Waals surface area (Å²) in [4.78, 5) is 20.6. The summed E-state index contributed by atoms with van der Waals surface area (Å²) in [7, 11) is 3.17. The second-order valence-corrected chi connectivity index (χ2v) is 7.66. The van der Waals surface area contributed by atoms with E-state index in [-0.39, 0.29) is 17.3 Å². The van der Waals surface area contributed by atoms with Crippen molar-refractivity contribution >= 4 is 32.6 Å². The van der Waals surface area contributed by atoms with Gasteiger partial charge in [0.1, 0.15) is 5.56 Å². The molecule has 2 aromatic heterocycles. The predicted octanol–water partition coefficient (Wildman–Crippen LogP) is 3.02. The van der Waals surface area contributed by atoms with Gasteiger partial charge in [-0.05, 0) is 12.1 Å². The molecule has 0 saturated carbocycles. The van der Waals surface area contributed by atoms with E-state index < -0.39 is 11.7 Å². The van der Waals surface area contributed by atoms with Crippen LogP contribution in [-0.2, 0) is 13.2 Å². The summed E-state index contributed by atoms with van der Waals surface area (Å²) in [6.45, 7) is 1.82. The number of rotatable bonds is 3. The Morgan fingerprint density at radius 2 is 1.93 bits per heavy atom. The summed E-state index contributed by atoms with van der Waals surface area (Å²) < 4.78 is 46.8. The third-order valence-corrected chi connectivity index (χ3v) is 5.85. The smallest absolute Gasteiger partial charge is 0.418 e. The Balaban J connectivity index is 1.51. The number of thiazole rings is 1. The van der Waals surface area contributed by atoms with Gasteiger partial charge in [0.25, 0.3) is 5.91 Å². The highest BCUT2D eigenvalue weighted by Crippen LogP contribution is 2.38. The molecule has 3 aromatic rings. The van der Waals surface area contributed by atoms with Crippen molar-refractivity contribution in [1.29, 1.82) is 0 Å². The maximum Gasteiger partial charge on any atom is 0.418 e. The molecule has 1 aromatic carbocycles. The monoisotopic (exact) mass is 425 g/mol. The molecule has 0 radical (unpaired) electrons. The summed E-state index contributed by atoms with van der Waals surface area (Å²) in [5.41, 5.74) is -0.369. The first-order chi connectivity index (χ1) is 13.8. The summed E-state index contributed by atoms with van der Waals surface area (Å²) in [5.74, 6) is 0.0871. The SMILES string of the molecule is COc1nn(C)cc1C(=O)N1CCN(c2nc3c(C(F)(F)F)cccc3s2)CC1. The molecule has 1 fully saturated rings. The number of methoxy groups -OCH3 is 1. The number of carbonyl (C=O) groups excluding carboxylic acids is 1. The lowest BCUT2D eigenvalue weighted by atomic mass is 10.2. The Morgan fingerprint density at radius 1 is 1.21 bits per heavy atom. The zero-order valence-electron chi connectivity index (χ0n) is 15.7. The second-order valence-electron chi connectivity index (χ2n) is 6.65. The highest BCUT2D eigenvalue weighted by atomic mass is 32.1. The number of aryl methyl sites for hydroxylation is 1. The van der Waals surface area contributed by atoms with Gasteiger partial charge in [-0.25, -0.2) is 4.98 Å². The average molecular weight is 425 g/mol. The lowest BCUT2D eigenvalue weighted by Crippen LogP contribution is -2.48. The standard InChI is InChI=1S/C18H18F3N5O2S/c1-24-10-11(15(23-24)28-2)16(27)25-6-8-26(9-7-25)17-22-14-12(18(19,20)21)4-3-5-13(14)29-17/h3-5,10H,6-9H2,1-2H3. The molecule has 0 spiro atoms. The Morgan fingerprint density at radius 3 is 2.59 bits per heavy atom. The molecule has 0 aliphatic carbocycles. The van der Waals surface area contributed by atoms with Gasteiger partial charge < -0.3 is 14.5 Å². The molecule has 0 unspecified atom stereocenters. The van der Waals surface area contributed by atoms with Gasteiger partial charge in [-0.3, -0.25) is 9.48 Å². The average Bonchev–Trinajstić information content (AvgIpc) is 3.29. The quantitative estimate of drug-likeness (QED) is 0.646. The fraction of sp³-hybridized carbons (Fsp3) is 0.389. The third-order valence-electron chi connectivity index (χ3n) is 4.77. The summed E-state index contributed by atoms with van der Waals surface area (Å²) in [5, 5.41) is 4.63. The Kier molecular flexibility index (Phi) is 4.85. The van der Waals surface area contributed by atoms with Gasteiger partial charge in [-0.1, -0.05) is 17.4 Å². The van der Waals surface area contributed by atoms with Crippen molar-refractivity contribution in [2.75, 3.05) is 38.2 Å². The largest absolute Gasteiger partial charge is 0.479 e. The van der Waals surface area contributed by atoms with Crippen molar-refractivity contribution < 1.29 is 22.7 Å². The highest BCUT2D eigenvalue weighted by Gasteiger charge is 2.34. The summed E-state index contributed by atoms with van der Waals surface area (Å²) >= 11 is 1.23. The summed E-state index contributed by atoms with van der Waals surface area (Å²) in [6, 6.07) is 4.08. The molecule has 4 rings (SSSR count). The van der Waals surface area contributed by atoms with Crippen LogP contribution < -0.4 is 9.64 Å². The van der Waals surface area contributed by atoms with E-state index in [4.69, 9.17) is 4.74 Å². The van der Waals surface area contributed by atoms with Gasteiger partial charge in [0.05, 0.1) is 22.9 Å². The number of piperazine rings is 1. The molecule has 0 N–H and O–H groups in total. The topological polar surface area (TPSA) is 63.5 Å². The molecule has 11 heteroatoms. The van der Waals surface area contributed by atoms with Crippen molar-refractivity contribution in [1.82, 2.24) is 19.7 Å². The Bertz CT molecular complexity index is 1050. The third kappa shape index (κ3) is 3.61. The number of anilines is 1. The fourth-order valence-corrected chi connectivity index (χ4v) is 4.38. The van der Waals surface area contributed by atoms with Crippen LogP contribution in [0.4, 0.5) is 18.3 Å². The number of nitrogens with zero attached hydrogens (tertiary/aromatic N) is 5. The number of aromatic nitrogens is 3. The van der Waals surface area contributed by atoms with Crippen molar-refractivity contribution in [3.63, 3.8) is 0 Å². The Labute approximate surface area is 168 Å². The zero-order valence-corrected chi connectivity index (χ0v) is 16.5. The number of fused-ring (bicyclic) bond motifs is 1. The molecule has 154 valence electrons. The van der Waals surface area contributed by atoms with Crippen LogP contribution in [0.3, 0.4) is 0 Å². The molecular weight excluding hydrogens is 407 g/mol. The van der Waals surface area contributed by atoms with Crippen LogP contribution in [0.2, 0.25) is 0 Å². The van der Waals surface area contributed by atoms with Gasteiger partial charge in [0.2, 0.25) is 5.88 Å². The molecule has 7 nitrogen and oxygen atoms in total. The molecular formula is C18H18F3N5O2S. The number of alkyl halides is 3. The van der Waals surface area contributed by atoms with Crippen LogP contribution in [0.1, 0.15) is 15.9 Å². The van der Waals surface area contributed by atoms with E-state index in [2.05, 4.69) is 10.1 Å². The zero-order chi connectivity index (χ0) is 20.8. The van der Waals surface area contributed by atoms with Gasteiger partial charge in [0.15, 0.2) is 5.13 Å². The van der Waals surface area contributed by atoms with Crippen molar-refractivity contribution in [2.24, 2.45) is 7.05 Å². The normalized spacial score (nSPS) is 15.2. The van der Waals surface area contributed by atoms with Crippen LogP contribution in [0.25, 0.3) is 10.2 Å². The highest BCUT2D eigenvalue weighted by molar-refractivity contribution is 7.22. The molecule has 1 amide bonds. The van der Waals surface area contributed by atoms with Crippen molar-refractivity contribution in [3.8, 4) is 5.88 Å². The predicted molar refractivity (Wildman–Crippen MR) is 102 cm³/mol. The molecule has 0 atom stereocenters. The van der Waals surface area contributed by atoms with E-state index in [1.54, 1.807) is 24.2 Å². The number of carbonyl (C=O) groups is 1. The van der Waals surface area contributed by atoms with Crippen LogP contribution in [-0.4, -0.2) is 58.9 Å². The molecule has 3 heterocycles. The van der Waals surface area contributed by atoms with Crippen LogP contribution in [0, 0.1) is 0 Å². The van der Waals surface area contributed by atoms with Crippen LogP contribution in [0.5, 0.6) is 5.88 Å². The van der Waals surface area contributed by atoms with E-state index in [0.29, 0.717) is 41.6 Å². The number of amides is 1. The fourth-order valence-electron chi connectivity index (χ4n) is 3.34. The number of hydrogen-bond acceptors (Lipinski definition) is 6. The van der Waals surface area contributed by atoms with Crippen molar-refractivity contribution in [2.45, 2.75) is 6.18 Å². The van der Waals surface area contributed by atoms with Crippen molar-refractivity contribution in [3.05, 3.63) is 35.5 Å². The lowest BCUT2D eigenvalue weighted by Gasteiger charge is -2.34. The molecule has 1 aliphatic heterocycles. The summed E-state index contributed by atoms with van der Waals surface area (Å²) in [6.07, 6.45) is -2.83. The lowest BCUT2D eigenvalue weighted by molar-refractivity contribution is -0.136. The number of halogens is 3. The minimum Gasteiger partial charge on any atom is -0.479 e. The number of ether oxygens (including phenoxy) is 1. The van der Waals surface area contributed by atoms with E-state index in [9.17, 15) is 18.0 Å². The minimum atomic E-state index is -4.45. The van der Waals surface area contributed by atoms with Crippen LogP contribution >= 0.6 is 11.3 Å². The van der Waals surface area contributed by atoms with Gasteiger partial charge in [-0.2, -0.15) is 13.2 Å². The molecule has 0 bridgehead atoms. The first-order valence-electron chi connectivity index (χ1n) is 8.86. The van der Waals surface area contributed by atoms with E-state index in [1.807, 2.05) is 4.90 Å². The first-order valence-corrected chi connectivity index (χ1v) is 9.68. The van der Waals surface area contributed by atoms with Gasteiger partial charge in [-0.15, -0.1) is 5.10 Å². The maximum absolute atomic E-state index is 13.2. The molecule has 29 heavy (non-hydrogen) atoms. The molecule has 1 aliphatic rings. The van der Waals surface area contributed by atoms with E-state index in [1.165, 1.54) is 29.2 Å². The first kappa shape index (κ1) is 19.5.